The molecule has 0 aliphatic carbocycles. The zero-order valence-electron chi connectivity index (χ0n) is 20.6. The highest BCUT2D eigenvalue weighted by atomic mass is 35.5. The summed E-state index contributed by atoms with van der Waals surface area (Å²) in [5.74, 6) is -0.0598. The van der Waals surface area contributed by atoms with Gasteiger partial charge in [-0.15, -0.1) is 0 Å². The maximum Gasteiger partial charge on any atom is 0.271 e. The summed E-state index contributed by atoms with van der Waals surface area (Å²) in [6.07, 6.45) is 1.34. The van der Waals surface area contributed by atoms with E-state index >= 15 is 0 Å². The molecule has 0 aliphatic heterocycles. The van der Waals surface area contributed by atoms with Crippen LogP contribution in [-0.2, 0) is 11.4 Å². The number of carbonyl (C=O) groups excluding carboxylic acids is 1. The van der Waals surface area contributed by atoms with Crippen LogP contribution in [0.5, 0.6) is 11.5 Å². The minimum Gasteiger partial charge on any atom is -0.490 e. The van der Waals surface area contributed by atoms with Crippen molar-refractivity contribution in [2.45, 2.75) is 13.5 Å². The predicted octanol–water partition coefficient (Wildman–Crippen LogP) is 7.58. The van der Waals surface area contributed by atoms with Crippen molar-refractivity contribution >= 4 is 57.3 Å². The van der Waals surface area contributed by atoms with Crippen molar-refractivity contribution in [1.29, 1.82) is 5.26 Å². The van der Waals surface area contributed by atoms with Crippen LogP contribution in [0.1, 0.15) is 18.1 Å². The Balaban J connectivity index is 1.58. The van der Waals surface area contributed by atoms with Gasteiger partial charge in [-0.3, -0.25) is 14.9 Å². The number of non-ortho nitro benzene ring substituents is 1. The number of hydrogen-bond acceptors (Lipinski definition) is 6. The van der Waals surface area contributed by atoms with E-state index in [0.717, 1.165) is 22.4 Å². The molecule has 0 bridgehead atoms. The van der Waals surface area contributed by atoms with Gasteiger partial charge in [-0.1, -0.05) is 65.7 Å². The summed E-state index contributed by atoms with van der Waals surface area (Å²) in [6.45, 7) is 2.39. The van der Waals surface area contributed by atoms with Gasteiger partial charge in [0.2, 0.25) is 0 Å². The molecule has 0 atom stereocenters. The van der Waals surface area contributed by atoms with E-state index in [1.165, 1.54) is 18.2 Å². The van der Waals surface area contributed by atoms with Gasteiger partial charge in [0.15, 0.2) is 11.5 Å². The molecule has 1 N–H and O–H groups in total. The second-order valence-corrected chi connectivity index (χ2v) is 9.05. The van der Waals surface area contributed by atoms with Crippen molar-refractivity contribution < 1.29 is 19.2 Å². The van der Waals surface area contributed by atoms with Gasteiger partial charge in [-0.25, -0.2) is 0 Å². The van der Waals surface area contributed by atoms with Gasteiger partial charge in [0.25, 0.3) is 11.6 Å². The number of nitrogens with one attached hydrogen (secondary N) is 1. The summed E-state index contributed by atoms with van der Waals surface area (Å²) < 4.78 is 11.8. The van der Waals surface area contributed by atoms with E-state index in [1.807, 2.05) is 55.5 Å². The van der Waals surface area contributed by atoms with Gasteiger partial charge in [0, 0.05) is 12.1 Å². The number of amides is 1. The molecule has 0 radical (unpaired) electrons. The van der Waals surface area contributed by atoms with Crippen LogP contribution in [0.25, 0.3) is 16.8 Å². The molecule has 39 heavy (non-hydrogen) atoms. The molecule has 1 amide bonds. The zero-order chi connectivity index (χ0) is 27.9. The topological polar surface area (TPSA) is 114 Å². The van der Waals surface area contributed by atoms with Gasteiger partial charge in [0.05, 0.1) is 27.3 Å². The quantitative estimate of drug-likeness (QED) is 0.0974. The lowest BCUT2D eigenvalue weighted by molar-refractivity contribution is -0.384. The first kappa shape index (κ1) is 27.5. The van der Waals surface area contributed by atoms with Crippen LogP contribution in [0.15, 0.2) is 78.4 Å². The van der Waals surface area contributed by atoms with E-state index in [1.54, 1.807) is 12.1 Å². The number of hydrogen-bond donors (Lipinski definition) is 1. The number of ether oxygens (including phenoxy) is 2. The monoisotopic (exact) mass is 561 g/mol. The molecule has 8 nitrogen and oxygen atoms in total. The van der Waals surface area contributed by atoms with Crippen LogP contribution >= 0.6 is 23.2 Å². The average molecular weight is 562 g/mol. The Hall–Kier alpha value is -4.58. The maximum absolute atomic E-state index is 12.8. The Labute approximate surface area is 234 Å². The Morgan fingerprint density at radius 1 is 1.05 bits per heavy atom. The van der Waals surface area contributed by atoms with Gasteiger partial charge in [-0.05, 0) is 53.1 Å². The molecule has 10 heteroatoms. The van der Waals surface area contributed by atoms with Crippen LogP contribution in [-0.4, -0.2) is 17.4 Å². The fraction of sp³-hybridized carbons (Fsp3) is 0.103. The molecule has 0 aliphatic rings. The number of nitrogens with zero attached hydrogens (tertiary/aromatic N) is 2. The number of benzene rings is 4. The van der Waals surface area contributed by atoms with E-state index in [4.69, 9.17) is 32.7 Å². The first-order valence-corrected chi connectivity index (χ1v) is 12.5. The smallest absolute Gasteiger partial charge is 0.271 e. The number of anilines is 1. The molecule has 0 heterocycles. The van der Waals surface area contributed by atoms with Crippen molar-refractivity contribution in [2.75, 3.05) is 11.9 Å². The maximum atomic E-state index is 12.8. The van der Waals surface area contributed by atoms with Crippen molar-refractivity contribution in [1.82, 2.24) is 0 Å². The summed E-state index contributed by atoms with van der Waals surface area (Å²) in [5, 5.41) is 25.4. The standard InChI is InChI=1S/C29H21Cl2N3O5/c1-2-38-27-14-18(12-21(16-32)29(35)33-26-11-10-22(34(36)37)15-24(26)30)13-25(31)28(27)39-17-20-8-5-7-19-6-3-4-9-23(19)20/h3-15H,2,17H2,1H3,(H,33,35). The van der Waals surface area contributed by atoms with Crippen LogP contribution in [0.4, 0.5) is 11.4 Å². The van der Waals surface area contributed by atoms with Crippen LogP contribution < -0.4 is 14.8 Å². The Kier molecular flexibility index (Phi) is 8.67. The van der Waals surface area contributed by atoms with Crippen LogP contribution in [0, 0.1) is 21.4 Å². The molecule has 0 saturated heterocycles. The second kappa shape index (κ2) is 12.3. The van der Waals surface area contributed by atoms with Crippen molar-refractivity contribution in [3.05, 3.63) is 110 Å². The lowest BCUT2D eigenvalue weighted by Gasteiger charge is -2.15. The number of nitro groups is 1. The third-order valence-corrected chi connectivity index (χ3v) is 6.26. The average Bonchev–Trinajstić information content (AvgIpc) is 2.92. The SMILES string of the molecule is CCOc1cc(C=C(C#N)C(=O)Nc2ccc([N+](=O)[O-])cc2Cl)cc(Cl)c1OCc1cccc2ccccc12. The highest BCUT2D eigenvalue weighted by molar-refractivity contribution is 6.34. The number of fused-ring (bicyclic) bond motifs is 1. The molecule has 4 aromatic rings. The molecule has 0 saturated carbocycles. The fourth-order valence-electron chi connectivity index (χ4n) is 3.87. The molecule has 4 rings (SSSR count). The van der Waals surface area contributed by atoms with E-state index in [-0.39, 0.29) is 33.6 Å². The summed E-state index contributed by atoms with van der Waals surface area (Å²) in [4.78, 5) is 23.1. The van der Waals surface area contributed by atoms with Crippen molar-refractivity contribution in [3.63, 3.8) is 0 Å². The Bertz CT molecular complexity index is 1640. The number of nitriles is 1. The van der Waals surface area contributed by atoms with Gasteiger partial charge in [-0.2, -0.15) is 5.26 Å². The van der Waals surface area contributed by atoms with Crippen molar-refractivity contribution in [3.8, 4) is 17.6 Å². The van der Waals surface area contributed by atoms with E-state index in [0.29, 0.717) is 23.7 Å². The molecule has 0 spiro atoms. The minimum absolute atomic E-state index is 0.0378. The zero-order valence-corrected chi connectivity index (χ0v) is 22.1. The van der Waals surface area contributed by atoms with Gasteiger partial charge >= 0.3 is 0 Å². The normalized spacial score (nSPS) is 11.1. The lowest BCUT2D eigenvalue weighted by Crippen LogP contribution is -2.13. The Morgan fingerprint density at radius 3 is 2.54 bits per heavy atom. The summed E-state index contributed by atoms with van der Waals surface area (Å²) in [7, 11) is 0. The molecular formula is C29H21Cl2N3O5. The third-order valence-electron chi connectivity index (χ3n) is 5.67. The first-order chi connectivity index (χ1) is 18.8. The lowest BCUT2D eigenvalue weighted by atomic mass is 10.1. The van der Waals surface area contributed by atoms with Crippen molar-refractivity contribution in [2.24, 2.45) is 0 Å². The van der Waals surface area contributed by atoms with E-state index in [9.17, 15) is 20.2 Å². The molecular weight excluding hydrogens is 541 g/mol. The number of halogens is 2. The van der Waals surface area contributed by atoms with Crippen LogP contribution in [0.3, 0.4) is 0 Å². The molecule has 196 valence electrons. The highest BCUT2D eigenvalue weighted by Crippen LogP contribution is 2.38. The molecule has 0 fully saturated rings. The number of carbonyl (C=O) groups is 1. The number of nitro benzene ring substituents is 1. The molecule has 4 aromatic carbocycles. The van der Waals surface area contributed by atoms with Crippen LogP contribution in [0.2, 0.25) is 10.0 Å². The predicted molar refractivity (Wildman–Crippen MR) is 151 cm³/mol. The minimum atomic E-state index is -0.751. The largest absolute Gasteiger partial charge is 0.490 e. The Morgan fingerprint density at radius 2 is 1.82 bits per heavy atom. The summed E-state index contributed by atoms with van der Waals surface area (Å²) >= 11 is 12.6. The summed E-state index contributed by atoms with van der Waals surface area (Å²) in [6, 6.07) is 22.6. The summed E-state index contributed by atoms with van der Waals surface area (Å²) in [5.41, 5.74) is 1.06. The fourth-order valence-corrected chi connectivity index (χ4v) is 4.36. The third kappa shape index (κ3) is 6.47. The second-order valence-electron chi connectivity index (χ2n) is 8.24. The van der Waals surface area contributed by atoms with Gasteiger partial charge in [0.1, 0.15) is 18.2 Å². The van der Waals surface area contributed by atoms with E-state index < -0.39 is 10.8 Å². The molecule has 0 aromatic heterocycles. The first-order valence-electron chi connectivity index (χ1n) is 11.7. The molecule has 0 unspecified atom stereocenters. The van der Waals surface area contributed by atoms with E-state index in [2.05, 4.69) is 5.32 Å². The highest BCUT2D eigenvalue weighted by Gasteiger charge is 2.17. The number of rotatable bonds is 9. The van der Waals surface area contributed by atoms with Gasteiger partial charge < -0.3 is 14.8 Å².